The minimum absolute atomic E-state index is 0.115. The van der Waals surface area contributed by atoms with E-state index in [1.165, 1.54) is 36.8 Å². The molecule has 0 amide bonds. The van der Waals surface area contributed by atoms with Crippen molar-refractivity contribution in [3.05, 3.63) is 35.4 Å². The van der Waals surface area contributed by atoms with Crippen LogP contribution in [0.1, 0.15) is 70.4 Å². The molecule has 1 aromatic rings. The lowest BCUT2D eigenvalue weighted by Crippen LogP contribution is -2.34. The predicted octanol–water partition coefficient (Wildman–Crippen LogP) is 4.65. The van der Waals surface area contributed by atoms with Crippen molar-refractivity contribution in [2.24, 2.45) is 11.1 Å². The SMILES string of the molecule is CC(C)(N)Cc1ccc(C2CCC(C)(C)CC2)cc1. The monoisotopic (exact) mass is 259 g/mol. The zero-order chi connectivity index (χ0) is 14.1. The van der Waals surface area contributed by atoms with Crippen molar-refractivity contribution in [2.75, 3.05) is 0 Å². The first-order valence-electron chi connectivity index (χ1n) is 7.63. The van der Waals surface area contributed by atoms with Gasteiger partial charge in [-0.1, -0.05) is 38.1 Å². The van der Waals surface area contributed by atoms with E-state index in [1.54, 1.807) is 0 Å². The van der Waals surface area contributed by atoms with E-state index >= 15 is 0 Å². The van der Waals surface area contributed by atoms with Crippen LogP contribution in [0.5, 0.6) is 0 Å². The second kappa shape index (κ2) is 5.28. The first-order valence-corrected chi connectivity index (χ1v) is 7.63. The largest absolute Gasteiger partial charge is 0.325 e. The van der Waals surface area contributed by atoms with E-state index in [0.717, 1.165) is 12.3 Å². The van der Waals surface area contributed by atoms with Crippen LogP contribution in [0.4, 0.5) is 0 Å². The summed E-state index contributed by atoms with van der Waals surface area (Å²) >= 11 is 0. The fourth-order valence-electron chi connectivity index (χ4n) is 3.17. The van der Waals surface area contributed by atoms with Crippen LogP contribution in [0.3, 0.4) is 0 Å². The maximum Gasteiger partial charge on any atom is 0.0138 e. The Kier molecular flexibility index (Phi) is 4.06. The van der Waals surface area contributed by atoms with Gasteiger partial charge in [0.05, 0.1) is 0 Å². The molecule has 1 saturated carbocycles. The van der Waals surface area contributed by atoms with Crippen molar-refractivity contribution in [3.63, 3.8) is 0 Å². The Labute approximate surface area is 118 Å². The lowest BCUT2D eigenvalue weighted by Gasteiger charge is -2.34. The molecule has 0 bridgehead atoms. The maximum absolute atomic E-state index is 6.08. The molecule has 1 aliphatic rings. The van der Waals surface area contributed by atoms with Crippen molar-refractivity contribution >= 4 is 0 Å². The zero-order valence-corrected chi connectivity index (χ0v) is 13.0. The van der Waals surface area contributed by atoms with Gasteiger partial charge in [-0.05, 0) is 68.4 Å². The topological polar surface area (TPSA) is 26.0 Å². The van der Waals surface area contributed by atoms with E-state index in [0.29, 0.717) is 5.41 Å². The van der Waals surface area contributed by atoms with E-state index < -0.39 is 0 Å². The molecule has 0 unspecified atom stereocenters. The molecule has 106 valence electrons. The number of nitrogens with two attached hydrogens (primary N) is 1. The second-order valence-corrected chi connectivity index (χ2v) is 7.85. The van der Waals surface area contributed by atoms with Gasteiger partial charge in [-0.15, -0.1) is 0 Å². The Balaban J connectivity index is 1.99. The first kappa shape index (κ1) is 14.6. The molecule has 2 N–H and O–H groups in total. The molecule has 0 atom stereocenters. The van der Waals surface area contributed by atoms with Crippen molar-refractivity contribution in [1.29, 1.82) is 0 Å². The number of hydrogen-bond donors (Lipinski definition) is 1. The molecule has 1 aliphatic carbocycles. The van der Waals surface area contributed by atoms with Crippen molar-refractivity contribution in [2.45, 2.75) is 71.3 Å². The lowest BCUT2D eigenvalue weighted by atomic mass is 9.71. The van der Waals surface area contributed by atoms with Crippen LogP contribution in [0.15, 0.2) is 24.3 Å². The van der Waals surface area contributed by atoms with Gasteiger partial charge in [-0.3, -0.25) is 0 Å². The minimum atomic E-state index is -0.115. The van der Waals surface area contributed by atoms with Gasteiger partial charge in [-0.2, -0.15) is 0 Å². The van der Waals surface area contributed by atoms with Gasteiger partial charge < -0.3 is 5.73 Å². The maximum atomic E-state index is 6.08. The van der Waals surface area contributed by atoms with Crippen LogP contribution in [-0.4, -0.2) is 5.54 Å². The van der Waals surface area contributed by atoms with Gasteiger partial charge in [0.15, 0.2) is 0 Å². The van der Waals surface area contributed by atoms with Crippen molar-refractivity contribution in [1.82, 2.24) is 0 Å². The molecular weight excluding hydrogens is 230 g/mol. The predicted molar refractivity (Wildman–Crippen MR) is 83.4 cm³/mol. The van der Waals surface area contributed by atoms with E-state index in [4.69, 9.17) is 5.73 Å². The molecule has 0 heterocycles. The number of hydrogen-bond acceptors (Lipinski definition) is 1. The third-order valence-electron chi connectivity index (χ3n) is 4.45. The highest BCUT2D eigenvalue weighted by atomic mass is 14.7. The molecule has 0 spiro atoms. The summed E-state index contributed by atoms with van der Waals surface area (Å²) in [5.74, 6) is 0.771. The molecule has 19 heavy (non-hydrogen) atoms. The molecule has 1 heteroatoms. The fraction of sp³-hybridized carbons (Fsp3) is 0.667. The molecule has 0 radical (unpaired) electrons. The van der Waals surface area contributed by atoms with Crippen LogP contribution >= 0.6 is 0 Å². The molecule has 0 aliphatic heterocycles. The summed E-state index contributed by atoms with van der Waals surface area (Å²) in [6.45, 7) is 8.97. The summed E-state index contributed by atoms with van der Waals surface area (Å²) in [6.07, 6.45) is 6.35. The third kappa shape index (κ3) is 4.35. The summed E-state index contributed by atoms with van der Waals surface area (Å²) in [5.41, 5.74) is 9.40. The quantitative estimate of drug-likeness (QED) is 0.840. The van der Waals surface area contributed by atoms with Crippen LogP contribution in [0.25, 0.3) is 0 Å². The average molecular weight is 259 g/mol. The Morgan fingerprint density at radius 1 is 1.11 bits per heavy atom. The number of benzene rings is 1. The van der Waals surface area contributed by atoms with Crippen LogP contribution < -0.4 is 5.73 Å². The normalized spacial score (nSPS) is 20.5. The highest BCUT2D eigenvalue weighted by Gasteiger charge is 2.27. The second-order valence-electron chi connectivity index (χ2n) is 7.85. The van der Waals surface area contributed by atoms with Gasteiger partial charge >= 0.3 is 0 Å². The van der Waals surface area contributed by atoms with Gasteiger partial charge in [0.25, 0.3) is 0 Å². The number of rotatable bonds is 3. The molecule has 0 saturated heterocycles. The van der Waals surface area contributed by atoms with Crippen molar-refractivity contribution < 1.29 is 0 Å². The molecule has 2 rings (SSSR count). The van der Waals surface area contributed by atoms with Crippen LogP contribution in [0.2, 0.25) is 0 Å². The van der Waals surface area contributed by atoms with Crippen LogP contribution in [0, 0.1) is 5.41 Å². The first-order chi connectivity index (χ1) is 8.75. The standard InChI is InChI=1S/C18H29N/c1-17(2)11-9-16(10-12-17)15-7-5-14(6-8-15)13-18(3,4)19/h5-8,16H,9-13,19H2,1-4H3. The van der Waals surface area contributed by atoms with Gasteiger partial charge in [-0.25, -0.2) is 0 Å². The average Bonchev–Trinajstić information content (AvgIpc) is 2.28. The summed E-state index contributed by atoms with van der Waals surface area (Å²) in [5, 5.41) is 0. The highest BCUT2D eigenvalue weighted by Crippen LogP contribution is 2.42. The van der Waals surface area contributed by atoms with Gasteiger partial charge in [0, 0.05) is 5.54 Å². The lowest BCUT2D eigenvalue weighted by molar-refractivity contribution is 0.224. The van der Waals surface area contributed by atoms with Crippen molar-refractivity contribution in [3.8, 4) is 0 Å². The Hall–Kier alpha value is -0.820. The fourth-order valence-corrected chi connectivity index (χ4v) is 3.17. The molecule has 1 fully saturated rings. The Bertz CT molecular complexity index is 398. The highest BCUT2D eigenvalue weighted by molar-refractivity contribution is 5.27. The zero-order valence-electron chi connectivity index (χ0n) is 13.0. The van der Waals surface area contributed by atoms with Crippen LogP contribution in [-0.2, 0) is 6.42 Å². The molecule has 1 aromatic carbocycles. The summed E-state index contributed by atoms with van der Waals surface area (Å²) in [4.78, 5) is 0. The van der Waals surface area contributed by atoms with E-state index in [1.807, 2.05) is 0 Å². The molecule has 0 aromatic heterocycles. The summed E-state index contributed by atoms with van der Waals surface area (Å²) in [7, 11) is 0. The third-order valence-corrected chi connectivity index (χ3v) is 4.45. The Morgan fingerprint density at radius 2 is 1.63 bits per heavy atom. The Morgan fingerprint density at radius 3 is 2.11 bits per heavy atom. The molecule has 1 nitrogen and oxygen atoms in total. The molecular formula is C18H29N. The van der Waals surface area contributed by atoms with E-state index in [-0.39, 0.29) is 5.54 Å². The summed E-state index contributed by atoms with van der Waals surface area (Å²) in [6, 6.07) is 9.18. The smallest absolute Gasteiger partial charge is 0.0138 e. The van der Waals surface area contributed by atoms with E-state index in [2.05, 4.69) is 52.0 Å². The van der Waals surface area contributed by atoms with Gasteiger partial charge in [0.1, 0.15) is 0 Å². The summed E-state index contributed by atoms with van der Waals surface area (Å²) < 4.78 is 0. The minimum Gasteiger partial charge on any atom is -0.325 e. The van der Waals surface area contributed by atoms with Gasteiger partial charge in [0.2, 0.25) is 0 Å². The van der Waals surface area contributed by atoms with E-state index in [9.17, 15) is 0 Å².